The number of hydrogen-bond acceptors (Lipinski definition) is 8. The number of nitrogens with one attached hydrogen (secondary N) is 4. The molecule has 5 atom stereocenters. The topological polar surface area (TPSA) is 158 Å². The number of aliphatic hydroxyl groups excluding tert-OH is 2. The molecule has 3 aromatic rings. The molecular weight excluding hydrogens is 636 g/mol. The average molecular weight is 691 g/mol. The molecule has 0 aliphatic heterocycles. The second-order valence-electron chi connectivity index (χ2n) is 14.4. The van der Waals surface area contributed by atoms with E-state index in [-0.39, 0.29) is 19.5 Å². The van der Waals surface area contributed by atoms with Gasteiger partial charge in [0.05, 0.1) is 24.3 Å². The summed E-state index contributed by atoms with van der Waals surface area (Å²) in [5, 5.41) is 34.2. The van der Waals surface area contributed by atoms with Gasteiger partial charge in [0.1, 0.15) is 17.2 Å². The fraction of sp³-hybridized carbons (Fsp3) is 0.462. The van der Waals surface area contributed by atoms with Crippen molar-refractivity contribution in [2.24, 2.45) is 0 Å². The molecule has 11 heteroatoms. The third-order valence-corrected chi connectivity index (χ3v) is 7.55. The molecule has 0 saturated heterocycles. The monoisotopic (exact) mass is 690 g/mol. The van der Waals surface area contributed by atoms with Gasteiger partial charge in [-0.1, -0.05) is 91.0 Å². The number of rotatable bonds is 16. The molecule has 3 amide bonds. The van der Waals surface area contributed by atoms with Gasteiger partial charge in [0.15, 0.2) is 0 Å². The second-order valence-corrected chi connectivity index (χ2v) is 14.4. The number of carbonyl (C=O) groups is 3. The van der Waals surface area contributed by atoms with Crippen LogP contribution in [0.5, 0.6) is 0 Å². The van der Waals surface area contributed by atoms with Crippen LogP contribution in [-0.2, 0) is 33.5 Å². The van der Waals surface area contributed by atoms with Crippen LogP contribution in [0.3, 0.4) is 0 Å². The van der Waals surface area contributed by atoms with Crippen molar-refractivity contribution in [2.75, 3.05) is 13.1 Å². The maximum Gasteiger partial charge on any atom is 0.408 e. The first kappa shape index (κ1) is 40.0. The standard InChI is InChI=1S/C39H54N4O7/c1-38(2,3)49-36(47)42-31(23-28-18-12-8-13-19-28)34(45)26-40-25-33(44)30(22-27-16-10-7-11-17-27)41-35(46)32(24-29-20-14-9-15-21-29)43-37(48)50-39(4,5)6/h7-21,30-34,40,44-45H,22-26H2,1-6H3,(H,41,46)(H,42,47)(H,43,48)/t30?,31?,32-,33?,34?/m0/s1. The first-order valence-electron chi connectivity index (χ1n) is 17.1. The second kappa shape index (κ2) is 19.1. The van der Waals surface area contributed by atoms with E-state index >= 15 is 0 Å². The summed E-state index contributed by atoms with van der Waals surface area (Å²) >= 11 is 0. The molecular formula is C39H54N4O7. The van der Waals surface area contributed by atoms with Crippen LogP contribution in [-0.4, -0.2) is 82.9 Å². The van der Waals surface area contributed by atoms with Gasteiger partial charge in [0, 0.05) is 19.5 Å². The van der Waals surface area contributed by atoms with Crippen molar-refractivity contribution in [3.63, 3.8) is 0 Å². The number of hydrogen-bond donors (Lipinski definition) is 6. The zero-order valence-electron chi connectivity index (χ0n) is 30.0. The summed E-state index contributed by atoms with van der Waals surface area (Å²) in [6.45, 7) is 10.6. The van der Waals surface area contributed by atoms with Crippen LogP contribution in [0.2, 0.25) is 0 Å². The minimum Gasteiger partial charge on any atom is -0.444 e. The van der Waals surface area contributed by atoms with Crippen LogP contribution < -0.4 is 21.3 Å². The van der Waals surface area contributed by atoms with Crippen LogP contribution in [0.1, 0.15) is 58.2 Å². The van der Waals surface area contributed by atoms with E-state index in [2.05, 4.69) is 21.3 Å². The van der Waals surface area contributed by atoms with E-state index in [0.29, 0.717) is 12.8 Å². The van der Waals surface area contributed by atoms with Gasteiger partial charge in [-0.25, -0.2) is 9.59 Å². The molecule has 50 heavy (non-hydrogen) atoms. The van der Waals surface area contributed by atoms with Gasteiger partial charge in [-0.3, -0.25) is 4.79 Å². The molecule has 0 fully saturated rings. The first-order valence-corrected chi connectivity index (χ1v) is 17.1. The maximum absolute atomic E-state index is 13.8. The highest BCUT2D eigenvalue weighted by molar-refractivity contribution is 5.86. The van der Waals surface area contributed by atoms with E-state index < -0.39 is 59.6 Å². The van der Waals surface area contributed by atoms with Gasteiger partial charge in [0.2, 0.25) is 5.91 Å². The molecule has 0 saturated carbocycles. The Balaban J connectivity index is 1.73. The smallest absolute Gasteiger partial charge is 0.408 e. The summed E-state index contributed by atoms with van der Waals surface area (Å²) in [7, 11) is 0. The van der Waals surface area contributed by atoms with Crippen LogP contribution in [0.15, 0.2) is 91.0 Å². The van der Waals surface area contributed by atoms with Crippen molar-refractivity contribution in [1.82, 2.24) is 21.3 Å². The van der Waals surface area contributed by atoms with Crippen molar-refractivity contribution < 1.29 is 34.1 Å². The Morgan fingerprint density at radius 2 is 0.920 bits per heavy atom. The highest BCUT2D eigenvalue weighted by Gasteiger charge is 2.30. The van der Waals surface area contributed by atoms with Gasteiger partial charge in [0.25, 0.3) is 0 Å². The molecule has 0 bridgehead atoms. The summed E-state index contributed by atoms with van der Waals surface area (Å²) in [6.07, 6.45) is -2.63. The van der Waals surface area contributed by atoms with E-state index in [0.717, 1.165) is 16.7 Å². The zero-order chi connectivity index (χ0) is 36.7. The largest absolute Gasteiger partial charge is 0.444 e. The van der Waals surface area contributed by atoms with Crippen molar-refractivity contribution in [3.8, 4) is 0 Å². The molecule has 272 valence electrons. The molecule has 0 aromatic heterocycles. The van der Waals surface area contributed by atoms with Crippen LogP contribution in [0.25, 0.3) is 0 Å². The van der Waals surface area contributed by atoms with Gasteiger partial charge in [-0.15, -0.1) is 0 Å². The van der Waals surface area contributed by atoms with Crippen molar-refractivity contribution >= 4 is 18.1 Å². The lowest BCUT2D eigenvalue weighted by Gasteiger charge is -2.29. The molecule has 0 aliphatic rings. The number of carbonyl (C=O) groups excluding carboxylic acids is 3. The van der Waals surface area contributed by atoms with E-state index in [1.165, 1.54) is 0 Å². The molecule has 4 unspecified atom stereocenters. The number of amides is 3. The molecule has 0 spiro atoms. The summed E-state index contributed by atoms with van der Waals surface area (Å²) in [4.78, 5) is 39.2. The summed E-state index contributed by atoms with van der Waals surface area (Å²) in [5.74, 6) is -0.482. The molecule has 11 nitrogen and oxygen atoms in total. The molecule has 6 N–H and O–H groups in total. The highest BCUT2D eigenvalue weighted by atomic mass is 16.6. The molecule has 3 rings (SSSR count). The van der Waals surface area contributed by atoms with Gasteiger partial charge < -0.3 is 41.0 Å². The Morgan fingerprint density at radius 3 is 1.32 bits per heavy atom. The molecule has 3 aromatic carbocycles. The molecule has 0 heterocycles. The third kappa shape index (κ3) is 15.4. The zero-order valence-corrected chi connectivity index (χ0v) is 30.0. The third-order valence-electron chi connectivity index (χ3n) is 7.55. The van der Waals surface area contributed by atoms with Crippen LogP contribution in [0, 0.1) is 0 Å². The normalized spacial score (nSPS) is 14.7. The van der Waals surface area contributed by atoms with Gasteiger partial charge in [-0.2, -0.15) is 0 Å². The number of ether oxygens (including phenoxy) is 2. The SMILES string of the molecule is CC(C)(C)OC(=O)NC(Cc1ccccc1)C(O)CNCC(O)C(Cc1ccccc1)NC(=O)[C@H](Cc1ccccc1)NC(=O)OC(C)(C)C. The predicted octanol–water partition coefficient (Wildman–Crippen LogP) is 4.30. The Hall–Kier alpha value is -4.45. The fourth-order valence-electron chi connectivity index (χ4n) is 5.22. The number of benzene rings is 3. The van der Waals surface area contributed by atoms with Crippen LogP contribution in [0.4, 0.5) is 9.59 Å². The minimum absolute atomic E-state index is 0.0161. The summed E-state index contributed by atoms with van der Waals surface area (Å²) in [6, 6.07) is 25.8. The van der Waals surface area contributed by atoms with Crippen molar-refractivity contribution in [2.45, 2.75) is 102 Å². The molecule has 0 aliphatic carbocycles. The highest BCUT2D eigenvalue weighted by Crippen LogP contribution is 2.13. The lowest BCUT2D eigenvalue weighted by molar-refractivity contribution is -0.124. The van der Waals surface area contributed by atoms with Gasteiger partial charge >= 0.3 is 12.2 Å². The van der Waals surface area contributed by atoms with E-state index in [9.17, 15) is 24.6 Å². The Morgan fingerprint density at radius 1 is 0.560 bits per heavy atom. The number of alkyl carbamates (subject to hydrolysis) is 2. The molecule has 0 radical (unpaired) electrons. The van der Waals surface area contributed by atoms with Crippen LogP contribution >= 0.6 is 0 Å². The predicted molar refractivity (Wildman–Crippen MR) is 194 cm³/mol. The quantitative estimate of drug-likeness (QED) is 0.130. The van der Waals surface area contributed by atoms with Gasteiger partial charge in [-0.05, 0) is 71.1 Å². The van der Waals surface area contributed by atoms with E-state index in [1.807, 2.05) is 91.0 Å². The lowest BCUT2D eigenvalue weighted by Crippen LogP contribution is -2.56. The number of aliphatic hydroxyl groups is 2. The van der Waals surface area contributed by atoms with E-state index in [4.69, 9.17) is 9.47 Å². The lowest BCUT2D eigenvalue weighted by atomic mass is 9.99. The Bertz CT molecular complexity index is 1460. The summed E-state index contributed by atoms with van der Waals surface area (Å²) < 4.78 is 10.9. The minimum atomic E-state index is -1.09. The first-order chi connectivity index (χ1) is 23.6. The maximum atomic E-state index is 13.8. The van der Waals surface area contributed by atoms with Crippen molar-refractivity contribution in [1.29, 1.82) is 0 Å². The Labute approximate surface area is 296 Å². The van der Waals surface area contributed by atoms with E-state index in [1.54, 1.807) is 41.5 Å². The Kier molecular flexibility index (Phi) is 15.3. The fourth-order valence-corrected chi connectivity index (χ4v) is 5.22. The average Bonchev–Trinajstić information content (AvgIpc) is 3.03. The summed E-state index contributed by atoms with van der Waals surface area (Å²) in [5.41, 5.74) is 1.17. The van der Waals surface area contributed by atoms with Crippen molar-refractivity contribution in [3.05, 3.63) is 108 Å².